The van der Waals surface area contributed by atoms with Crippen LogP contribution in [-0.4, -0.2) is 21.3 Å². The van der Waals surface area contributed by atoms with Crippen molar-refractivity contribution in [3.05, 3.63) is 59.9 Å². The van der Waals surface area contributed by atoms with E-state index in [2.05, 4.69) is 10.9 Å². The average Bonchev–Trinajstić information content (AvgIpc) is 2.37. The smallest absolute Gasteiger partial charge is 0.0735 e. The first kappa shape index (κ1) is 13.6. The second-order valence-electron chi connectivity index (χ2n) is 4.66. The van der Waals surface area contributed by atoms with Crippen LogP contribution in [0.2, 0.25) is 0 Å². The molecule has 1 aromatic carbocycles. The minimum Gasteiger partial charge on any atom is -0.294 e. The lowest BCUT2D eigenvalue weighted by molar-refractivity contribution is 0.680. The summed E-state index contributed by atoms with van der Waals surface area (Å²) in [7, 11) is -2.33. The van der Waals surface area contributed by atoms with E-state index in [0.29, 0.717) is 6.54 Å². The molecular weight excluding hydrogens is 256 g/mol. The summed E-state index contributed by atoms with van der Waals surface area (Å²) < 4.78 is 14.1. The Morgan fingerprint density at radius 3 is 2.42 bits per heavy atom. The lowest BCUT2D eigenvalue weighted by atomic mass is 10.2. The number of hydrogen-bond donors (Lipinski definition) is 0. The summed E-state index contributed by atoms with van der Waals surface area (Å²) in [6.07, 6.45) is 3.47. The lowest BCUT2D eigenvalue weighted by Gasteiger charge is -2.25. The van der Waals surface area contributed by atoms with Gasteiger partial charge in [-0.1, -0.05) is 24.3 Å². The Morgan fingerprint density at radius 2 is 1.89 bits per heavy atom. The van der Waals surface area contributed by atoms with Crippen LogP contribution in [0.4, 0.5) is 5.69 Å². The molecule has 0 amide bonds. The van der Waals surface area contributed by atoms with Crippen LogP contribution in [-0.2, 0) is 16.3 Å². The van der Waals surface area contributed by atoms with E-state index in [4.69, 9.17) is 0 Å². The van der Waals surface area contributed by atoms with Gasteiger partial charge in [0.05, 0.1) is 12.2 Å². The molecule has 1 heterocycles. The second-order valence-corrected chi connectivity index (χ2v) is 7.02. The highest BCUT2D eigenvalue weighted by molar-refractivity contribution is 8.00. The summed E-state index contributed by atoms with van der Waals surface area (Å²) in [6, 6.07) is 13.6. The van der Waals surface area contributed by atoms with Crippen molar-refractivity contribution in [2.75, 3.05) is 10.6 Å². The van der Waals surface area contributed by atoms with Crippen LogP contribution in [0, 0.1) is 6.92 Å². The standard InChI is InChI=1S/C15H18N2OS/c1-13-9-10-14(16-11-13)12-17(19(2,3)18)15-7-5-4-6-8-15/h4-11H,2,12H2,1,3H3. The average molecular weight is 274 g/mol. The molecule has 0 aliphatic carbocycles. The van der Waals surface area contributed by atoms with Crippen LogP contribution in [0.5, 0.6) is 0 Å². The highest BCUT2D eigenvalue weighted by Gasteiger charge is 2.13. The molecule has 0 aliphatic heterocycles. The summed E-state index contributed by atoms with van der Waals surface area (Å²) in [5, 5.41) is 0. The number of aromatic nitrogens is 1. The molecule has 0 fully saturated rings. The van der Waals surface area contributed by atoms with Gasteiger partial charge in [-0.15, -0.1) is 0 Å². The molecule has 0 saturated heterocycles. The molecule has 2 rings (SSSR count). The van der Waals surface area contributed by atoms with Gasteiger partial charge >= 0.3 is 0 Å². The van der Waals surface area contributed by atoms with Gasteiger partial charge < -0.3 is 0 Å². The maximum Gasteiger partial charge on any atom is 0.0735 e. The highest BCUT2D eigenvalue weighted by Crippen LogP contribution is 2.19. The Bertz CT molecular complexity index is 634. The van der Waals surface area contributed by atoms with Crippen molar-refractivity contribution >= 4 is 21.3 Å². The maximum absolute atomic E-state index is 12.3. The van der Waals surface area contributed by atoms with Crippen molar-refractivity contribution in [2.24, 2.45) is 0 Å². The second kappa shape index (κ2) is 5.45. The van der Waals surface area contributed by atoms with E-state index in [1.165, 1.54) is 0 Å². The van der Waals surface area contributed by atoms with Crippen molar-refractivity contribution < 1.29 is 4.21 Å². The Morgan fingerprint density at radius 1 is 1.21 bits per heavy atom. The number of hydrogen-bond acceptors (Lipinski definition) is 2. The number of nitrogens with zero attached hydrogens (tertiary/aromatic N) is 2. The Kier molecular flexibility index (Phi) is 3.90. The minimum atomic E-state index is -2.33. The molecule has 0 bridgehead atoms. The first-order valence-corrected chi connectivity index (χ1v) is 8.12. The fourth-order valence-corrected chi connectivity index (χ4v) is 2.76. The van der Waals surface area contributed by atoms with E-state index in [0.717, 1.165) is 16.9 Å². The van der Waals surface area contributed by atoms with Gasteiger partial charge in [0.25, 0.3) is 0 Å². The fourth-order valence-electron chi connectivity index (χ4n) is 1.78. The van der Waals surface area contributed by atoms with Gasteiger partial charge in [-0.05, 0) is 36.6 Å². The third-order valence-corrected chi connectivity index (χ3v) is 4.06. The molecule has 19 heavy (non-hydrogen) atoms. The van der Waals surface area contributed by atoms with Crippen LogP contribution in [0.25, 0.3) is 0 Å². The molecule has 2 aromatic rings. The third-order valence-electron chi connectivity index (χ3n) is 2.79. The first-order valence-electron chi connectivity index (χ1n) is 6.03. The number of benzene rings is 1. The largest absolute Gasteiger partial charge is 0.294 e. The van der Waals surface area contributed by atoms with Gasteiger partial charge in [-0.2, -0.15) is 0 Å². The third kappa shape index (κ3) is 3.58. The van der Waals surface area contributed by atoms with Crippen molar-refractivity contribution in [3.8, 4) is 0 Å². The molecule has 0 spiro atoms. The molecular formula is C15H18N2OS. The van der Waals surface area contributed by atoms with Crippen molar-refractivity contribution in [2.45, 2.75) is 13.5 Å². The monoisotopic (exact) mass is 274 g/mol. The number of rotatable bonds is 4. The predicted octanol–water partition coefficient (Wildman–Crippen LogP) is 2.66. The summed E-state index contributed by atoms with van der Waals surface area (Å²) in [6.45, 7) is 2.49. The number of anilines is 1. The van der Waals surface area contributed by atoms with E-state index in [-0.39, 0.29) is 0 Å². The molecule has 3 nitrogen and oxygen atoms in total. The highest BCUT2D eigenvalue weighted by atomic mass is 32.2. The van der Waals surface area contributed by atoms with Crippen LogP contribution in [0.1, 0.15) is 11.3 Å². The van der Waals surface area contributed by atoms with E-state index in [1.54, 1.807) is 10.6 Å². The van der Waals surface area contributed by atoms with Crippen LogP contribution < -0.4 is 4.31 Å². The molecule has 1 unspecified atom stereocenters. The van der Waals surface area contributed by atoms with Gasteiger partial charge in [0.1, 0.15) is 0 Å². The van der Waals surface area contributed by atoms with Gasteiger partial charge in [0.2, 0.25) is 0 Å². The SMILES string of the molecule is C=S(C)(=O)N(Cc1ccc(C)cn1)c1ccccc1. The van der Waals surface area contributed by atoms with Gasteiger partial charge in [-0.3, -0.25) is 9.29 Å². The molecule has 1 aromatic heterocycles. The van der Waals surface area contributed by atoms with Crippen molar-refractivity contribution in [1.82, 2.24) is 4.98 Å². The molecule has 0 saturated carbocycles. The number of para-hydroxylation sites is 1. The summed E-state index contributed by atoms with van der Waals surface area (Å²) in [5.74, 6) is 3.79. The van der Waals surface area contributed by atoms with Gasteiger partial charge in [-0.25, -0.2) is 4.21 Å². The Labute approximate surface area is 115 Å². The van der Waals surface area contributed by atoms with Crippen molar-refractivity contribution in [1.29, 1.82) is 0 Å². The van der Waals surface area contributed by atoms with Gasteiger partial charge in [0, 0.05) is 27.8 Å². The first-order chi connectivity index (χ1) is 8.97. The maximum atomic E-state index is 12.3. The summed E-state index contributed by atoms with van der Waals surface area (Å²) >= 11 is 0. The normalized spacial score (nSPS) is 13.8. The Balaban J connectivity index is 2.33. The van der Waals surface area contributed by atoms with E-state index < -0.39 is 9.71 Å². The van der Waals surface area contributed by atoms with Crippen molar-refractivity contribution in [3.63, 3.8) is 0 Å². The minimum absolute atomic E-state index is 0.489. The number of pyridine rings is 1. The van der Waals surface area contributed by atoms with E-state index >= 15 is 0 Å². The van der Waals surface area contributed by atoms with Crippen LogP contribution >= 0.6 is 0 Å². The molecule has 0 aliphatic rings. The predicted molar refractivity (Wildman–Crippen MR) is 82.8 cm³/mol. The zero-order valence-corrected chi connectivity index (χ0v) is 12.1. The van der Waals surface area contributed by atoms with Gasteiger partial charge in [0.15, 0.2) is 0 Å². The fraction of sp³-hybridized carbons (Fsp3) is 0.200. The van der Waals surface area contributed by atoms with Crippen LogP contribution in [0.3, 0.4) is 0 Å². The quantitative estimate of drug-likeness (QED) is 0.803. The van der Waals surface area contributed by atoms with E-state index in [1.807, 2.05) is 55.6 Å². The van der Waals surface area contributed by atoms with E-state index in [9.17, 15) is 4.21 Å². The molecule has 0 radical (unpaired) electrons. The molecule has 0 N–H and O–H groups in total. The topological polar surface area (TPSA) is 33.2 Å². The lowest BCUT2D eigenvalue weighted by Crippen LogP contribution is -2.29. The zero-order valence-electron chi connectivity index (χ0n) is 11.2. The molecule has 4 heteroatoms. The molecule has 100 valence electrons. The molecule has 1 atom stereocenters. The number of aryl methyl sites for hydroxylation is 1. The Hall–Kier alpha value is -1.81. The zero-order chi connectivity index (χ0) is 13.9. The summed E-state index contributed by atoms with van der Waals surface area (Å²) in [4.78, 5) is 4.36. The summed E-state index contributed by atoms with van der Waals surface area (Å²) in [5.41, 5.74) is 2.89. The van der Waals surface area contributed by atoms with Crippen LogP contribution in [0.15, 0.2) is 48.7 Å².